The molecular weight excluding hydrogens is 258 g/mol. The van der Waals surface area contributed by atoms with Gasteiger partial charge in [-0.1, -0.05) is 45.7 Å². The zero-order valence-corrected chi connectivity index (χ0v) is 13.8. The third-order valence-electron chi connectivity index (χ3n) is 4.44. The van der Waals surface area contributed by atoms with Gasteiger partial charge < -0.3 is 4.74 Å². The van der Waals surface area contributed by atoms with Crippen LogP contribution in [0.5, 0.6) is 5.75 Å². The van der Waals surface area contributed by atoms with E-state index < -0.39 is 0 Å². The number of aryl methyl sites for hydroxylation is 1. The van der Waals surface area contributed by atoms with Gasteiger partial charge in [-0.25, -0.2) is 0 Å². The lowest BCUT2D eigenvalue weighted by Gasteiger charge is -2.24. The van der Waals surface area contributed by atoms with Gasteiger partial charge in [0.25, 0.3) is 0 Å². The van der Waals surface area contributed by atoms with Crippen molar-refractivity contribution >= 4 is 0 Å². The van der Waals surface area contributed by atoms with Crippen molar-refractivity contribution in [3.63, 3.8) is 0 Å². The lowest BCUT2D eigenvalue weighted by molar-refractivity contribution is 0.151. The van der Waals surface area contributed by atoms with Crippen LogP contribution < -0.4 is 4.74 Å². The van der Waals surface area contributed by atoms with E-state index in [4.69, 9.17) is 4.74 Å². The first-order valence-corrected chi connectivity index (χ1v) is 8.09. The second kappa shape index (κ2) is 6.52. The molecule has 1 aromatic rings. The molecule has 2 unspecified atom stereocenters. The summed E-state index contributed by atoms with van der Waals surface area (Å²) in [5.74, 6) is 0.976. The molecule has 0 bridgehead atoms. The Morgan fingerprint density at radius 1 is 1.14 bits per heavy atom. The maximum Gasteiger partial charge on any atom is 0.122 e. The highest BCUT2D eigenvalue weighted by Gasteiger charge is 2.26. The molecule has 1 fully saturated rings. The van der Waals surface area contributed by atoms with E-state index in [1.165, 1.54) is 24.0 Å². The highest BCUT2D eigenvalue weighted by Crippen LogP contribution is 2.31. The number of nitriles is 1. The van der Waals surface area contributed by atoms with E-state index in [1.807, 2.05) is 0 Å². The minimum absolute atomic E-state index is 0.0363. The molecule has 2 rings (SSSR count). The maximum absolute atomic E-state index is 9.35. The number of nitrogens with zero attached hydrogens (tertiary/aromatic N) is 1. The number of rotatable bonds is 2. The van der Waals surface area contributed by atoms with Crippen molar-refractivity contribution in [2.45, 2.75) is 71.3 Å². The topological polar surface area (TPSA) is 33.0 Å². The quantitative estimate of drug-likeness (QED) is 0.704. The SMILES string of the molecule is Cc1cc(C(C)(C)C)ccc1OC1CCCCCC1C#N. The molecule has 21 heavy (non-hydrogen) atoms. The van der Waals surface area contributed by atoms with Gasteiger partial charge >= 0.3 is 0 Å². The molecule has 1 aliphatic rings. The third kappa shape index (κ3) is 4.00. The Bertz CT molecular complexity index is 521. The summed E-state index contributed by atoms with van der Waals surface area (Å²) in [6.07, 6.45) is 5.57. The summed E-state index contributed by atoms with van der Waals surface area (Å²) in [5.41, 5.74) is 2.65. The van der Waals surface area contributed by atoms with E-state index in [0.717, 1.165) is 25.0 Å². The molecule has 0 heterocycles. The highest BCUT2D eigenvalue weighted by molar-refractivity contribution is 5.39. The molecular formula is C19H27NO. The maximum atomic E-state index is 9.35. The Balaban J connectivity index is 2.17. The first-order valence-electron chi connectivity index (χ1n) is 8.09. The number of ether oxygens (including phenoxy) is 1. The zero-order chi connectivity index (χ0) is 15.5. The molecule has 1 aliphatic carbocycles. The van der Waals surface area contributed by atoms with Gasteiger partial charge in [0.05, 0.1) is 12.0 Å². The van der Waals surface area contributed by atoms with E-state index >= 15 is 0 Å². The Morgan fingerprint density at radius 3 is 2.48 bits per heavy atom. The van der Waals surface area contributed by atoms with Gasteiger partial charge in [-0.05, 0) is 48.8 Å². The summed E-state index contributed by atoms with van der Waals surface area (Å²) < 4.78 is 6.21. The van der Waals surface area contributed by atoms with E-state index in [9.17, 15) is 5.26 Å². The standard InChI is InChI=1S/C19H27NO/c1-14-12-16(19(2,3)4)10-11-17(14)21-18-9-7-5-6-8-15(18)13-20/h10-12,15,18H,5-9H2,1-4H3. The summed E-state index contributed by atoms with van der Waals surface area (Å²) in [6, 6.07) is 8.89. The van der Waals surface area contributed by atoms with Gasteiger partial charge in [-0.15, -0.1) is 0 Å². The first kappa shape index (κ1) is 15.9. The predicted octanol–water partition coefficient (Wildman–Crippen LogP) is 5.14. The third-order valence-corrected chi connectivity index (χ3v) is 4.44. The van der Waals surface area contributed by atoms with Crippen molar-refractivity contribution in [3.8, 4) is 11.8 Å². The zero-order valence-electron chi connectivity index (χ0n) is 13.8. The average molecular weight is 285 g/mol. The van der Waals surface area contributed by atoms with Gasteiger partial charge in [-0.3, -0.25) is 0 Å². The minimum Gasteiger partial charge on any atom is -0.489 e. The number of hydrogen-bond donors (Lipinski definition) is 0. The van der Waals surface area contributed by atoms with Crippen LogP contribution in [-0.2, 0) is 5.41 Å². The van der Waals surface area contributed by atoms with Gasteiger partial charge in [-0.2, -0.15) is 5.26 Å². The lowest BCUT2D eigenvalue weighted by Crippen LogP contribution is -2.25. The normalized spacial score (nSPS) is 23.2. The van der Waals surface area contributed by atoms with Gasteiger partial charge in [0.15, 0.2) is 0 Å². The van der Waals surface area contributed by atoms with E-state index in [1.54, 1.807) is 0 Å². The Morgan fingerprint density at radius 2 is 1.86 bits per heavy atom. The average Bonchev–Trinajstić information content (AvgIpc) is 2.64. The van der Waals surface area contributed by atoms with Gasteiger partial charge in [0, 0.05) is 0 Å². The molecule has 0 aromatic heterocycles. The molecule has 0 spiro atoms. The summed E-state index contributed by atoms with van der Waals surface area (Å²) in [5, 5.41) is 9.35. The van der Waals surface area contributed by atoms with E-state index in [-0.39, 0.29) is 17.4 Å². The predicted molar refractivity (Wildman–Crippen MR) is 86.5 cm³/mol. The van der Waals surface area contributed by atoms with Crippen LogP contribution in [0.3, 0.4) is 0 Å². The van der Waals surface area contributed by atoms with E-state index in [0.29, 0.717) is 0 Å². The molecule has 2 nitrogen and oxygen atoms in total. The lowest BCUT2D eigenvalue weighted by atomic mass is 9.86. The van der Waals surface area contributed by atoms with Crippen molar-refractivity contribution < 1.29 is 4.74 Å². The summed E-state index contributed by atoms with van der Waals surface area (Å²) in [7, 11) is 0. The summed E-state index contributed by atoms with van der Waals surface area (Å²) >= 11 is 0. The number of hydrogen-bond acceptors (Lipinski definition) is 2. The van der Waals surface area contributed by atoms with Crippen LogP contribution in [0.2, 0.25) is 0 Å². The van der Waals surface area contributed by atoms with Gasteiger partial charge in [0.2, 0.25) is 0 Å². The van der Waals surface area contributed by atoms with Crippen LogP contribution in [-0.4, -0.2) is 6.10 Å². The van der Waals surface area contributed by atoms with Crippen molar-refractivity contribution in [1.29, 1.82) is 5.26 Å². The Kier molecular flexibility index (Phi) is 4.93. The smallest absolute Gasteiger partial charge is 0.122 e. The Hall–Kier alpha value is -1.49. The second-order valence-electron chi connectivity index (χ2n) is 7.26. The molecule has 1 saturated carbocycles. The fourth-order valence-corrected chi connectivity index (χ4v) is 2.97. The summed E-state index contributed by atoms with van der Waals surface area (Å²) in [4.78, 5) is 0. The fraction of sp³-hybridized carbons (Fsp3) is 0.632. The van der Waals surface area contributed by atoms with Crippen LogP contribution >= 0.6 is 0 Å². The molecule has 0 amide bonds. The molecule has 0 radical (unpaired) electrons. The van der Waals surface area contributed by atoms with Crippen molar-refractivity contribution in [3.05, 3.63) is 29.3 Å². The molecule has 2 heteroatoms. The largest absolute Gasteiger partial charge is 0.489 e. The molecule has 0 aliphatic heterocycles. The van der Waals surface area contributed by atoms with Crippen LogP contribution in [0.4, 0.5) is 0 Å². The van der Waals surface area contributed by atoms with Crippen LogP contribution in [0.15, 0.2) is 18.2 Å². The van der Waals surface area contributed by atoms with Crippen molar-refractivity contribution in [2.75, 3.05) is 0 Å². The summed E-state index contributed by atoms with van der Waals surface area (Å²) in [6.45, 7) is 8.76. The number of benzene rings is 1. The minimum atomic E-state index is 0.0363. The molecule has 0 saturated heterocycles. The van der Waals surface area contributed by atoms with Crippen molar-refractivity contribution in [2.24, 2.45) is 5.92 Å². The molecule has 0 N–H and O–H groups in total. The Labute approximate surface area is 129 Å². The van der Waals surface area contributed by atoms with Crippen LogP contribution in [0, 0.1) is 24.2 Å². The van der Waals surface area contributed by atoms with E-state index in [2.05, 4.69) is 52.0 Å². The highest BCUT2D eigenvalue weighted by atomic mass is 16.5. The first-order chi connectivity index (χ1) is 9.91. The molecule has 1 aromatic carbocycles. The van der Waals surface area contributed by atoms with Crippen LogP contribution in [0.25, 0.3) is 0 Å². The van der Waals surface area contributed by atoms with Crippen molar-refractivity contribution in [1.82, 2.24) is 0 Å². The molecule has 2 atom stereocenters. The monoisotopic (exact) mass is 285 g/mol. The fourth-order valence-electron chi connectivity index (χ4n) is 2.97. The van der Waals surface area contributed by atoms with Gasteiger partial charge in [0.1, 0.15) is 11.9 Å². The van der Waals surface area contributed by atoms with Crippen LogP contribution in [0.1, 0.15) is 64.0 Å². The molecule has 114 valence electrons. The second-order valence-corrected chi connectivity index (χ2v) is 7.26.